The maximum Gasteiger partial charge on any atom is 0.248 e. The van der Waals surface area contributed by atoms with Gasteiger partial charge in [0.25, 0.3) is 0 Å². The molecule has 1 atom stereocenters. The number of benzene rings is 1. The highest BCUT2D eigenvalue weighted by Gasteiger charge is 2.18. The number of nitrogens with one attached hydrogen (secondary N) is 1. The van der Waals surface area contributed by atoms with Crippen LogP contribution >= 0.6 is 0 Å². The van der Waals surface area contributed by atoms with Gasteiger partial charge in [-0.15, -0.1) is 0 Å². The van der Waals surface area contributed by atoms with E-state index in [1.807, 2.05) is 56.5 Å². The molecule has 0 amide bonds. The molecule has 0 unspecified atom stereocenters. The molecule has 138 valence electrons. The number of rotatable bonds is 5. The number of anilines is 1. The average Bonchev–Trinajstić information content (AvgIpc) is 3.28. The van der Waals surface area contributed by atoms with Crippen LogP contribution in [0.3, 0.4) is 0 Å². The lowest BCUT2D eigenvalue weighted by molar-refractivity contribution is 0.363. The van der Waals surface area contributed by atoms with E-state index in [1.54, 1.807) is 0 Å². The first-order valence-electron chi connectivity index (χ1n) is 9.08. The smallest absolute Gasteiger partial charge is 0.248 e. The monoisotopic (exact) mass is 362 g/mol. The van der Waals surface area contributed by atoms with Crippen LogP contribution < -0.4 is 5.32 Å². The number of hydrogen-bond acceptors (Lipinski definition) is 6. The Morgan fingerprint density at radius 1 is 1.15 bits per heavy atom. The van der Waals surface area contributed by atoms with E-state index in [4.69, 9.17) is 9.51 Å². The second-order valence-corrected chi connectivity index (χ2v) is 6.61. The number of nitrogens with zero attached hydrogens (tertiary/aromatic N) is 5. The number of aryl methyl sites for hydroxylation is 3. The minimum Gasteiger partial charge on any atom is -0.358 e. The maximum absolute atomic E-state index is 5.38. The Kier molecular flexibility index (Phi) is 4.35. The lowest BCUT2D eigenvalue weighted by atomic mass is 10.1. The maximum atomic E-state index is 5.38. The van der Waals surface area contributed by atoms with Crippen molar-refractivity contribution in [2.45, 2.75) is 40.2 Å². The molecule has 0 saturated carbocycles. The summed E-state index contributed by atoms with van der Waals surface area (Å²) in [4.78, 5) is 9.26. The Bertz CT molecular complexity index is 1080. The van der Waals surface area contributed by atoms with Crippen molar-refractivity contribution in [1.29, 1.82) is 0 Å². The van der Waals surface area contributed by atoms with E-state index < -0.39 is 0 Å². The molecular formula is C20H22N6O. The first-order chi connectivity index (χ1) is 13.1. The first-order valence-corrected chi connectivity index (χ1v) is 9.08. The van der Waals surface area contributed by atoms with Gasteiger partial charge in [-0.05, 0) is 20.8 Å². The van der Waals surface area contributed by atoms with Crippen LogP contribution in [-0.2, 0) is 6.42 Å². The largest absolute Gasteiger partial charge is 0.358 e. The SMILES string of the molecule is CCc1noc([C@@H](C)Nc2cc(-c3ccccc3)nc3c(C)c(C)nn23)n1. The Balaban J connectivity index is 1.79. The Morgan fingerprint density at radius 2 is 1.93 bits per heavy atom. The first kappa shape index (κ1) is 17.2. The summed E-state index contributed by atoms with van der Waals surface area (Å²) in [6.07, 6.45) is 0.741. The zero-order valence-electron chi connectivity index (χ0n) is 15.9. The fourth-order valence-electron chi connectivity index (χ4n) is 2.96. The summed E-state index contributed by atoms with van der Waals surface area (Å²) >= 11 is 0. The van der Waals surface area contributed by atoms with Gasteiger partial charge >= 0.3 is 0 Å². The van der Waals surface area contributed by atoms with Crippen molar-refractivity contribution in [3.8, 4) is 11.3 Å². The molecule has 0 fully saturated rings. The molecule has 27 heavy (non-hydrogen) atoms. The molecule has 1 N–H and O–H groups in total. The summed E-state index contributed by atoms with van der Waals surface area (Å²) < 4.78 is 7.21. The van der Waals surface area contributed by atoms with Crippen molar-refractivity contribution in [1.82, 2.24) is 24.7 Å². The van der Waals surface area contributed by atoms with Gasteiger partial charge in [0.15, 0.2) is 11.5 Å². The standard InChI is InChI=1S/C20H22N6O/c1-5-17-23-20(27-25-17)14(4)21-18-11-16(15-9-7-6-8-10-15)22-19-12(2)13(3)24-26(18)19/h6-11,14,21H,5H2,1-4H3/t14-/m1/s1. The highest BCUT2D eigenvalue weighted by molar-refractivity contribution is 5.68. The van der Waals surface area contributed by atoms with Gasteiger partial charge in [0.1, 0.15) is 11.9 Å². The van der Waals surface area contributed by atoms with Crippen molar-refractivity contribution in [2.24, 2.45) is 0 Å². The summed E-state index contributed by atoms with van der Waals surface area (Å²) in [5.41, 5.74) is 4.80. The highest BCUT2D eigenvalue weighted by Crippen LogP contribution is 2.27. The zero-order valence-corrected chi connectivity index (χ0v) is 15.9. The van der Waals surface area contributed by atoms with Crippen LogP contribution in [0.5, 0.6) is 0 Å². The molecule has 7 heteroatoms. The lowest BCUT2D eigenvalue weighted by Crippen LogP contribution is -2.12. The summed E-state index contributed by atoms with van der Waals surface area (Å²) in [6, 6.07) is 12.0. The summed E-state index contributed by atoms with van der Waals surface area (Å²) in [5.74, 6) is 2.09. The molecular weight excluding hydrogens is 340 g/mol. The van der Waals surface area contributed by atoms with E-state index in [9.17, 15) is 0 Å². The van der Waals surface area contributed by atoms with E-state index in [1.165, 1.54) is 0 Å². The number of aromatic nitrogens is 5. The summed E-state index contributed by atoms with van der Waals surface area (Å²) in [7, 11) is 0. The van der Waals surface area contributed by atoms with Crippen molar-refractivity contribution in [3.05, 3.63) is 59.4 Å². The van der Waals surface area contributed by atoms with Gasteiger partial charge < -0.3 is 9.84 Å². The van der Waals surface area contributed by atoms with Gasteiger partial charge in [0.05, 0.1) is 11.4 Å². The van der Waals surface area contributed by atoms with Gasteiger partial charge in [0, 0.05) is 23.6 Å². The molecule has 7 nitrogen and oxygen atoms in total. The predicted octanol–water partition coefficient (Wildman–Crippen LogP) is 4.13. The van der Waals surface area contributed by atoms with Crippen LogP contribution in [0.4, 0.5) is 5.82 Å². The molecule has 0 saturated heterocycles. The van der Waals surface area contributed by atoms with Crippen LogP contribution in [0.15, 0.2) is 40.9 Å². The highest BCUT2D eigenvalue weighted by atomic mass is 16.5. The van der Waals surface area contributed by atoms with Crippen LogP contribution in [-0.4, -0.2) is 24.7 Å². The van der Waals surface area contributed by atoms with Gasteiger partial charge in [0.2, 0.25) is 5.89 Å². The molecule has 0 aliphatic rings. The third-order valence-corrected chi connectivity index (χ3v) is 4.66. The number of fused-ring (bicyclic) bond motifs is 1. The Morgan fingerprint density at radius 3 is 2.63 bits per heavy atom. The quantitative estimate of drug-likeness (QED) is 0.575. The van der Waals surface area contributed by atoms with Crippen molar-refractivity contribution in [2.75, 3.05) is 5.32 Å². The number of hydrogen-bond donors (Lipinski definition) is 1. The van der Waals surface area contributed by atoms with Crippen molar-refractivity contribution < 1.29 is 4.52 Å². The third-order valence-electron chi connectivity index (χ3n) is 4.66. The molecule has 3 heterocycles. The fourth-order valence-corrected chi connectivity index (χ4v) is 2.96. The van der Waals surface area contributed by atoms with Crippen molar-refractivity contribution >= 4 is 11.5 Å². The van der Waals surface area contributed by atoms with Gasteiger partial charge in [-0.1, -0.05) is 42.4 Å². The van der Waals surface area contributed by atoms with E-state index >= 15 is 0 Å². The molecule has 0 radical (unpaired) electrons. The van der Waals surface area contributed by atoms with Crippen LogP contribution in [0, 0.1) is 13.8 Å². The normalized spacial score (nSPS) is 12.4. The average molecular weight is 362 g/mol. The van der Waals surface area contributed by atoms with Crippen LogP contribution in [0.25, 0.3) is 16.9 Å². The van der Waals surface area contributed by atoms with Gasteiger partial charge in [-0.25, -0.2) is 4.98 Å². The Hall–Kier alpha value is -3.22. The zero-order chi connectivity index (χ0) is 19.0. The Labute approximate surface area is 157 Å². The minimum absolute atomic E-state index is 0.156. The second kappa shape index (κ2) is 6.83. The molecule has 4 aromatic rings. The molecule has 4 rings (SSSR count). The molecule has 0 aliphatic heterocycles. The van der Waals surface area contributed by atoms with Gasteiger partial charge in [-0.2, -0.15) is 14.6 Å². The molecule has 0 spiro atoms. The van der Waals surface area contributed by atoms with Crippen molar-refractivity contribution in [3.63, 3.8) is 0 Å². The second-order valence-electron chi connectivity index (χ2n) is 6.61. The lowest BCUT2D eigenvalue weighted by Gasteiger charge is -2.14. The molecule has 0 aliphatic carbocycles. The summed E-state index contributed by atoms with van der Waals surface area (Å²) in [6.45, 7) is 8.02. The molecule has 0 bridgehead atoms. The van der Waals surface area contributed by atoms with Crippen LogP contribution in [0.1, 0.15) is 42.9 Å². The molecule has 1 aromatic carbocycles. The van der Waals surface area contributed by atoms with E-state index in [-0.39, 0.29) is 6.04 Å². The fraction of sp³-hybridized carbons (Fsp3) is 0.300. The molecule has 3 aromatic heterocycles. The van der Waals surface area contributed by atoms with E-state index in [0.29, 0.717) is 11.7 Å². The topological polar surface area (TPSA) is 81.1 Å². The third kappa shape index (κ3) is 3.16. The van der Waals surface area contributed by atoms with Crippen LogP contribution in [0.2, 0.25) is 0 Å². The van der Waals surface area contributed by atoms with E-state index in [0.717, 1.165) is 40.4 Å². The predicted molar refractivity (Wildman–Crippen MR) is 104 cm³/mol. The van der Waals surface area contributed by atoms with Gasteiger partial charge in [-0.3, -0.25) is 0 Å². The van der Waals surface area contributed by atoms with E-state index in [2.05, 4.69) is 32.7 Å². The summed E-state index contributed by atoms with van der Waals surface area (Å²) in [5, 5.41) is 12.1. The minimum atomic E-state index is -0.156.